The summed E-state index contributed by atoms with van der Waals surface area (Å²) in [6.07, 6.45) is 3.27. The lowest BCUT2D eigenvalue weighted by Gasteiger charge is -2.38. The number of amides is 1. The highest BCUT2D eigenvalue weighted by atomic mass is 35.5. The summed E-state index contributed by atoms with van der Waals surface area (Å²) in [6.45, 7) is 11.3. The fourth-order valence-electron chi connectivity index (χ4n) is 3.70. The number of aromatic nitrogens is 1. The standard InChI is InChI=1S/C17H29N3O.ClH/c1-11(2)20-12(3)10-15(14(20)5)17(21)19-9-7-6-8-16(19)13(4)18;/h10-11,13,16H,6-9,18H2,1-5H3;1H. The van der Waals surface area contributed by atoms with E-state index in [4.69, 9.17) is 5.73 Å². The minimum absolute atomic E-state index is 0. The van der Waals surface area contributed by atoms with Crippen LogP contribution in [0.15, 0.2) is 6.07 Å². The lowest BCUT2D eigenvalue weighted by Crippen LogP contribution is -2.51. The Hall–Kier alpha value is -1.000. The molecule has 1 aromatic heterocycles. The molecule has 0 aromatic carbocycles. The molecule has 0 aliphatic carbocycles. The second-order valence-electron chi connectivity index (χ2n) is 6.67. The van der Waals surface area contributed by atoms with Gasteiger partial charge in [0.25, 0.3) is 5.91 Å². The van der Waals surface area contributed by atoms with Gasteiger partial charge in [0, 0.05) is 36.1 Å². The van der Waals surface area contributed by atoms with Crippen LogP contribution in [-0.2, 0) is 0 Å². The molecular formula is C17H30ClN3O. The van der Waals surface area contributed by atoms with Crippen LogP contribution < -0.4 is 5.73 Å². The topological polar surface area (TPSA) is 51.3 Å². The number of nitrogens with two attached hydrogens (primary N) is 1. The molecule has 2 atom stereocenters. The van der Waals surface area contributed by atoms with E-state index in [1.807, 2.05) is 24.8 Å². The Balaban J connectivity index is 0.00000242. The van der Waals surface area contributed by atoms with Crippen LogP contribution in [0.1, 0.15) is 67.8 Å². The van der Waals surface area contributed by atoms with Crippen molar-refractivity contribution in [3.8, 4) is 0 Å². The smallest absolute Gasteiger partial charge is 0.255 e. The molecule has 1 saturated heterocycles. The van der Waals surface area contributed by atoms with Gasteiger partial charge in [-0.05, 0) is 59.9 Å². The number of halogens is 1. The number of piperidine rings is 1. The van der Waals surface area contributed by atoms with Crippen LogP contribution in [0.5, 0.6) is 0 Å². The van der Waals surface area contributed by atoms with E-state index in [1.54, 1.807) is 0 Å². The Morgan fingerprint density at radius 1 is 1.27 bits per heavy atom. The SMILES string of the molecule is Cc1cc(C(=O)N2CCCCC2C(C)N)c(C)n1C(C)C.Cl. The van der Waals surface area contributed by atoms with Gasteiger partial charge in [0.2, 0.25) is 0 Å². The molecule has 1 amide bonds. The zero-order chi connectivity index (χ0) is 15.7. The summed E-state index contributed by atoms with van der Waals surface area (Å²) < 4.78 is 2.23. The first kappa shape index (κ1) is 19.0. The van der Waals surface area contributed by atoms with E-state index in [2.05, 4.69) is 25.3 Å². The first-order valence-electron chi connectivity index (χ1n) is 8.09. The molecule has 2 unspecified atom stereocenters. The lowest BCUT2D eigenvalue weighted by atomic mass is 9.96. The van der Waals surface area contributed by atoms with Crippen molar-refractivity contribution >= 4 is 18.3 Å². The van der Waals surface area contributed by atoms with Gasteiger partial charge < -0.3 is 15.2 Å². The maximum atomic E-state index is 13.0. The van der Waals surface area contributed by atoms with E-state index in [-0.39, 0.29) is 30.4 Å². The Morgan fingerprint density at radius 3 is 2.41 bits per heavy atom. The average Bonchev–Trinajstić information content (AvgIpc) is 2.73. The fraction of sp³-hybridized carbons (Fsp3) is 0.706. The van der Waals surface area contributed by atoms with Gasteiger partial charge in [-0.3, -0.25) is 4.79 Å². The molecule has 0 spiro atoms. The van der Waals surface area contributed by atoms with E-state index in [0.29, 0.717) is 6.04 Å². The van der Waals surface area contributed by atoms with Crippen molar-refractivity contribution in [2.24, 2.45) is 5.73 Å². The molecule has 1 aliphatic heterocycles. The number of hydrogen-bond acceptors (Lipinski definition) is 2. The van der Waals surface area contributed by atoms with E-state index >= 15 is 0 Å². The number of aryl methyl sites for hydroxylation is 1. The summed E-state index contributed by atoms with van der Waals surface area (Å²) in [4.78, 5) is 15.0. The predicted octanol–water partition coefficient (Wildman–Crippen LogP) is 3.45. The highest BCUT2D eigenvalue weighted by Crippen LogP contribution is 2.26. The van der Waals surface area contributed by atoms with Crippen LogP contribution in [0.2, 0.25) is 0 Å². The molecule has 0 radical (unpaired) electrons. The van der Waals surface area contributed by atoms with E-state index < -0.39 is 0 Å². The largest absolute Gasteiger partial charge is 0.346 e. The maximum absolute atomic E-state index is 13.0. The van der Waals surface area contributed by atoms with Crippen LogP contribution in [0.3, 0.4) is 0 Å². The summed E-state index contributed by atoms with van der Waals surface area (Å²) in [5.74, 6) is 0.150. The molecule has 2 rings (SSSR count). The maximum Gasteiger partial charge on any atom is 0.255 e. The molecule has 1 aliphatic rings. The van der Waals surface area contributed by atoms with Gasteiger partial charge >= 0.3 is 0 Å². The van der Waals surface area contributed by atoms with Crippen molar-refractivity contribution < 1.29 is 4.79 Å². The number of carbonyl (C=O) groups is 1. The van der Waals surface area contributed by atoms with Crippen molar-refractivity contribution in [1.29, 1.82) is 0 Å². The van der Waals surface area contributed by atoms with Crippen LogP contribution in [-0.4, -0.2) is 34.0 Å². The van der Waals surface area contributed by atoms with Crippen LogP contribution in [0.25, 0.3) is 0 Å². The molecule has 0 bridgehead atoms. The van der Waals surface area contributed by atoms with Crippen LogP contribution >= 0.6 is 12.4 Å². The summed E-state index contributed by atoms with van der Waals surface area (Å²) in [6, 6.07) is 2.61. The van der Waals surface area contributed by atoms with Gasteiger partial charge in [0.1, 0.15) is 0 Å². The van der Waals surface area contributed by atoms with E-state index in [0.717, 1.165) is 36.3 Å². The summed E-state index contributed by atoms with van der Waals surface area (Å²) in [7, 11) is 0. The number of likely N-dealkylation sites (tertiary alicyclic amines) is 1. The van der Waals surface area contributed by atoms with Crippen LogP contribution in [0.4, 0.5) is 0 Å². The highest BCUT2D eigenvalue weighted by molar-refractivity contribution is 5.96. The quantitative estimate of drug-likeness (QED) is 0.924. The van der Waals surface area contributed by atoms with Gasteiger partial charge in [-0.15, -0.1) is 12.4 Å². The summed E-state index contributed by atoms with van der Waals surface area (Å²) in [5, 5.41) is 0. The van der Waals surface area contributed by atoms with Crippen molar-refractivity contribution in [1.82, 2.24) is 9.47 Å². The van der Waals surface area contributed by atoms with Gasteiger partial charge in [0.05, 0.1) is 5.56 Å². The van der Waals surface area contributed by atoms with Crippen LogP contribution in [0, 0.1) is 13.8 Å². The summed E-state index contributed by atoms with van der Waals surface area (Å²) in [5.41, 5.74) is 9.16. The number of nitrogens with zero attached hydrogens (tertiary/aromatic N) is 2. The third-order valence-electron chi connectivity index (χ3n) is 4.65. The molecule has 2 heterocycles. The zero-order valence-corrected chi connectivity index (χ0v) is 15.2. The van der Waals surface area contributed by atoms with Crippen molar-refractivity contribution in [2.75, 3.05) is 6.54 Å². The van der Waals surface area contributed by atoms with Gasteiger partial charge in [-0.1, -0.05) is 0 Å². The lowest BCUT2D eigenvalue weighted by molar-refractivity contribution is 0.0583. The molecule has 5 heteroatoms. The second-order valence-corrected chi connectivity index (χ2v) is 6.67. The van der Waals surface area contributed by atoms with E-state index in [1.165, 1.54) is 6.42 Å². The molecule has 0 saturated carbocycles. The molecular weight excluding hydrogens is 298 g/mol. The Labute approximate surface area is 140 Å². The number of rotatable bonds is 3. The molecule has 4 nitrogen and oxygen atoms in total. The molecule has 22 heavy (non-hydrogen) atoms. The normalized spacial score (nSPS) is 20.0. The molecule has 1 fully saturated rings. The fourth-order valence-corrected chi connectivity index (χ4v) is 3.70. The molecule has 2 N–H and O–H groups in total. The third kappa shape index (κ3) is 3.49. The first-order valence-corrected chi connectivity index (χ1v) is 8.09. The van der Waals surface area contributed by atoms with Gasteiger partial charge in [-0.2, -0.15) is 0 Å². The highest BCUT2D eigenvalue weighted by Gasteiger charge is 2.31. The Kier molecular flexibility index (Phi) is 6.50. The zero-order valence-electron chi connectivity index (χ0n) is 14.4. The van der Waals surface area contributed by atoms with Gasteiger partial charge in [-0.25, -0.2) is 0 Å². The van der Waals surface area contributed by atoms with Gasteiger partial charge in [0.15, 0.2) is 0 Å². The first-order chi connectivity index (χ1) is 9.84. The summed E-state index contributed by atoms with van der Waals surface area (Å²) >= 11 is 0. The molecule has 126 valence electrons. The second kappa shape index (κ2) is 7.51. The number of carbonyl (C=O) groups excluding carboxylic acids is 1. The average molecular weight is 328 g/mol. The van der Waals surface area contributed by atoms with Crippen molar-refractivity contribution in [3.05, 3.63) is 23.0 Å². The minimum Gasteiger partial charge on any atom is -0.346 e. The van der Waals surface area contributed by atoms with E-state index in [9.17, 15) is 4.79 Å². The third-order valence-corrected chi connectivity index (χ3v) is 4.65. The monoisotopic (exact) mass is 327 g/mol. The Morgan fingerprint density at radius 2 is 1.91 bits per heavy atom. The van der Waals surface area contributed by atoms with Crippen molar-refractivity contribution in [2.45, 2.75) is 72.0 Å². The number of hydrogen-bond donors (Lipinski definition) is 1. The minimum atomic E-state index is 0. The Bertz CT molecular complexity index is 522. The predicted molar refractivity (Wildman–Crippen MR) is 93.9 cm³/mol. The van der Waals surface area contributed by atoms with Crippen molar-refractivity contribution in [3.63, 3.8) is 0 Å². The molecule has 1 aromatic rings.